The molecule has 2 aromatic rings. The van der Waals surface area contributed by atoms with Gasteiger partial charge >= 0.3 is 0 Å². The molecule has 146 valence electrons. The Bertz CT molecular complexity index is 856. The molecule has 1 aliphatic heterocycles. The van der Waals surface area contributed by atoms with Gasteiger partial charge in [-0.3, -0.25) is 9.59 Å². The smallest absolute Gasteiger partial charge is 0.246 e. The minimum atomic E-state index is -0.262. The van der Waals surface area contributed by atoms with Gasteiger partial charge in [0, 0.05) is 31.6 Å². The molecular weight excluding hydrogens is 355 g/mol. The number of aryl methyl sites for hydroxylation is 1. The predicted molar refractivity (Wildman–Crippen MR) is 108 cm³/mol. The molecule has 1 N–H and O–H groups in total. The zero-order valence-electron chi connectivity index (χ0n) is 16.0. The van der Waals surface area contributed by atoms with E-state index in [1.165, 1.54) is 6.07 Å². The fraction of sp³-hybridized carbons (Fsp3) is 0.304. The molecule has 2 amide bonds. The van der Waals surface area contributed by atoms with Crippen molar-refractivity contribution in [2.45, 2.75) is 26.3 Å². The maximum Gasteiger partial charge on any atom is 0.246 e. The largest absolute Gasteiger partial charge is 0.352 e. The van der Waals surface area contributed by atoms with Crippen molar-refractivity contribution in [1.82, 2.24) is 10.2 Å². The van der Waals surface area contributed by atoms with E-state index < -0.39 is 0 Å². The highest BCUT2D eigenvalue weighted by Crippen LogP contribution is 2.18. The SMILES string of the molecule is Cc1ccc(CNC(=O)C2CCN(C(=O)C=Cc3ccccc3)CC2)cc1F. The zero-order valence-corrected chi connectivity index (χ0v) is 16.0. The van der Waals surface area contributed by atoms with Gasteiger partial charge in [-0.05, 0) is 48.6 Å². The minimum absolute atomic E-state index is 0.0298. The minimum Gasteiger partial charge on any atom is -0.352 e. The Morgan fingerprint density at radius 1 is 1.14 bits per heavy atom. The van der Waals surface area contributed by atoms with E-state index in [9.17, 15) is 14.0 Å². The highest BCUT2D eigenvalue weighted by molar-refractivity contribution is 5.92. The number of amides is 2. The van der Waals surface area contributed by atoms with Crippen molar-refractivity contribution in [3.63, 3.8) is 0 Å². The van der Waals surface area contributed by atoms with Crippen LogP contribution < -0.4 is 5.32 Å². The van der Waals surface area contributed by atoms with E-state index in [0.717, 1.165) is 11.1 Å². The molecule has 0 saturated carbocycles. The summed E-state index contributed by atoms with van der Waals surface area (Å²) < 4.78 is 13.6. The van der Waals surface area contributed by atoms with Crippen LogP contribution in [0.2, 0.25) is 0 Å². The molecule has 0 aromatic heterocycles. The number of piperidine rings is 1. The molecule has 0 aliphatic carbocycles. The van der Waals surface area contributed by atoms with Gasteiger partial charge in [0.25, 0.3) is 0 Å². The average Bonchev–Trinajstić information content (AvgIpc) is 2.73. The zero-order chi connectivity index (χ0) is 19.9. The fourth-order valence-corrected chi connectivity index (χ4v) is 3.28. The third-order valence-corrected chi connectivity index (χ3v) is 5.10. The number of rotatable bonds is 5. The van der Waals surface area contributed by atoms with Gasteiger partial charge in [0.15, 0.2) is 0 Å². The van der Waals surface area contributed by atoms with E-state index >= 15 is 0 Å². The number of carbonyl (C=O) groups is 2. The first-order chi connectivity index (χ1) is 13.5. The summed E-state index contributed by atoms with van der Waals surface area (Å²) >= 11 is 0. The van der Waals surface area contributed by atoms with Gasteiger partial charge in [0.2, 0.25) is 11.8 Å². The van der Waals surface area contributed by atoms with Crippen molar-refractivity contribution in [2.24, 2.45) is 5.92 Å². The van der Waals surface area contributed by atoms with Crippen molar-refractivity contribution in [3.05, 3.63) is 77.1 Å². The molecule has 0 spiro atoms. The van der Waals surface area contributed by atoms with Crippen LogP contribution >= 0.6 is 0 Å². The molecule has 0 atom stereocenters. The molecule has 0 unspecified atom stereocenters. The second kappa shape index (κ2) is 9.31. The van der Waals surface area contributed by atoms with E-state index in [-0.39, 0.29) is 23.5 Å². The maximum absolute atomic E-state index is 13.6. The number of hydrogen-bond acceptors (Lipinski definition) is 2. The predicted octanol–water partition coefficient (Wildman–Crippen LogP) is 3.70. The number of nitrogens with zero attached hydrogens (tertiary/aromatic N) is 1. The second-order valence-corrected chi connectivity index (χ2v) is 7.14. The summed E-state index contributed by atoms with van der Waals surface area (Å²) in [4.78, 5) is 26.5. The lowest BCUT2D eigenvalue weighted by Gasteiger charge is -2.30. The van der Waals surface area contributed by atoms with Crippen LogP contribution in [0.5, 0.6) is 0 Å². The van der Waals surface area contributed by atoms with Crippen LogP contribution in [0.3, 0.4) is 0 Å². The number of likely N-dealkylation sites (tertiary alicyclic amines) is 1. The number of halogens is 1. The molecule has 3 rings (SSSR count). The Morgan fingerprint density at radius 2 is 1.86 bits per heavy atom. The molecule has 0 bridgehead atoms. The van der Waals surface area contributed by atoms with Gasteiger partial charge in [-0.1, -0.05) is 42.5 Å². The first kappa shape index (κ1) is 19.8. The van der Waals surface area contributed by atoms with E-state index in [2.05, 4.69) is 5.32 Å². The standard InChI is InChI=1S/C23H25FN2O2/c1-17-7-8-19(15-21(17)24)16-25-23(28)20-11-13-26(14-12-20)22(27)10-9-18-5-3-2-4-6-18/h2-10,15,20H,11-14,16H2,1H3,(H,25,28). The van der Waals surface area contributed by atoms with Crippen molar-refractivity contribution >= 4 is 17.9 Å². The van der Waals surface area contributed by atoms with Crippen LogP contribution in [0.4, 0.5) is 4.39 Å². The van der Waals surface area contributed by atoms with Crippen molar-refractivity contribution in [2.75, 3.05) is 13.1 Å². The summed E-state index contributed by atoms with van der Waals surface area (Å²) in [7, 11) is 0. The number of carbonyl (C=O) groups excluding carboxylic acids is 2. The van der Waals surface area contributed by atoms with Crippen LogP contribution in [0.15, 0.2) is 54.6 Å². The van der Waals surface area contributed by atoms with Gasteiger partial charge < -0.3 is 10.2 Å². The number of nitrogens with one attached hydrogen (secondary N) is 1. The highest BCUT2D eigenvalue weighted by atomic mass is 19.1. The summed E-state index contributed by atoms with van der Waals surface area (Å²) in [6.45, 7) is 3.15. The van der Waals surface area contributed by atoms with Crippen LogP contribution in [0.25, 0.3) is 6.08 Å². The third-order valence-electron chi connectivity index (χ3n) is 5.10. The molecule has 1 heterocycles. The molecule has 2 aromatic carbocycles. The molecule has 1 fully saturated rings. The molecule has 0 radical (unpaired) electrons. The first-order valence-electron chi connectivity index (χ1n) is 9.57. The summed E-state index contributed by atoms with van der Waals surface area (Å²) in [5.74, 6) is -0.440. The lowest BCUT2D eigenvalue weighted by atomic mass is 9.95. The van der Waals surface area contributed by atoms with Gasteiger partial charge in [0.05, 0.1) is 0 Å². The highest BCUT2D eigenvalue weighted by Gasteiger charge is 2.26. The van der Waals surface area contributed by atoms with E-state index in [4.69, 9.17) is 0 Å². The van der Waals surface area contributed by atoms with Crippen LogP contribution in [-0.4, -0.2) is 29.8 Å². The van der Waals surface area contributed by atoms with Gasteiger partial charge in [-0.2, -0.15) is 0 Å². The Hall–Kier alpha value is -2.95. The molecule has 28 heavy (non-hydrogen) atoms. The van der Waals surface area contributed by atoms with E-state index in [1.807, 2.05) is 42.5 Å². The topological polar surface area (TPSA) is 49.4 Å². The summed E-state index contributed by atoms with van der Waals surface area (Å²) in [5, 5.41) is 2.88. The van der Waals surface area contributed by atoms with Crippen LogP contribution in [-0.2, 0) is 16.1 Å². The summed E-state index contributed by atoms with van der Waals surface area (Å²) in [6.07, 6.45) is 4.67. The molecule has 1 saturated heterocycles. The lowest BCUT2D eigenvalue weighted by Crippen LogP contribution is -2.42. The third kappa shape index (κ3) is 5.28. The second-order valence-electron chi connectivity index (χ2n) is 7.14. The monoisotopic (exact) mass is 380 g/mol. The van der Waals surface area contributed by atoms with Gasteiger partial charge in [-0.25, -0.2) is 4.39 Å². The summed E-state index contributed by atoms with van der Waals surface area (Å²) in [5.41, 5.74) is 2.32. The van der Waals surface area contributed by atoms with Gasteiger partial charge in [0.1, 0.15) is 5.82 Å². The average molecular weight is 380 g/mol. The number of hydrogen-bond donors (Lipinski definition) is 1. The van der Waals surface area contributed by atoms with E-state index in [0.29, 0.717) is 38.0 Å². The van der Waals surface area contributed by atoms with Crippen molar-refractivity contribution in [3.8, 4) is 0 Å². The van der Waals surface area contributed by atoms with Crippen molar-refractivity contribution in [1.29, 1.82) is 0 Å². The fourth-order valence-electron chi connectivity index (χ4n) is 3.28. The molecule has 5 heteroatoms. The Labute approximate surface area is 165 Å². The molecular formula is C23H25FN2O2. The summed E-state index contributed by atoms with van der Waals surface area (Å²) in [6, 6.07) is 14.7. The van der Waals surface area contributed by atoms with Crippen LogP contribution in [0.1, 0.15) is 29.5 Å². The van der Waals surface area contributed by atoms with Crippen LogP contribution in [0, 0.1) is 18.7 Å². The van der Waals surface area contributed by atoms with Gasteiger partial charge in [-0.15, -0.1) is 0 Å². The quantitative estimate of drug-likeness (QED) is 0.804. The maximum atomic E-state index is 13.6. The normalized spacial score (nSPS) is 15.0. The first-order valence-corrected chi connectivity index (χ1v) is 9.57. The molecule has 1 aliphatic rings. The lowest BCUT2D eigenvalue weighted by molar-refractivity contribution is -0.132. The van der Waals surface area contributed by atoms with E-state index in [1.54, 1.807) is 24.0 Å². The Kier molecular flexibility index (Phi) is 6.58. The number of benzene rings is 2. The van der Waals surface area contributed by atoms with Crippen molar-refractivity contribution < 1.29 is 14.0 Å². The molecule has 4 nitrogen and oxygen atoms in total. The Morgan fingerprint density at radius 3 is 2.54 bits per heavy atom. The Balaban J connectivity index is 1.45.